The molecule has 2 aromatic rings. The Kier molecular flexibility index (Phi) is 5.81. The number of nitrogens with zero attached hydrogens (tertiary/aromatic N) is 1. The third-order valence-electron chi connectivity index (χ3n) is 7.62. The zero-order valence-corrected chi connectivity index (χ0v) is 20.4. The molecule has 0 radical (unpaired) electrons. The van der Waals surface area contributed by atoms with Crippen LogP contribution >= 0.6 is 0 Å². The molecule has 5 rings (SSSR count). The molecule has 1 spiro atoms. The Balaban J connectivity index is 1.76. The lowest BCUT2D eigenvalue weighted by atomic mass is 9.70. The van der Waals surface area contributed by atoms with Gasteiger partial charge in [-0.15, -0.1) is 0 Å². The van der Waals surface area contributed by atoms with Gasteiger partial charge < -0.3 is 14.6 Å². The number of fused-ring (bicyclic) bond motifs is 4. The van der Waals surface area contributed by atoms with Gasteiger partial charge >= 0.3 is 6.18 Å². The van der Waals surface area contributed by atoms with E-state index in [4.69, 9.17) is 14.5 Å². The molecule has 0 bridgehead atoms. The number of hydrogen-bond donors (Lipinski definition) is 1. The second-order valence-corrected chi connectivity index (χ2v) is 11.2. The summed E-state index contributed by atoms with van der Waals surface area (Å²) in [7, 11) is 0. The van der Waals surface area contributed by atoms with Crippen LogP contribution in [0.3, 0.4) is 0 Å². The van der Waals surface area contributed by atoms with Gasteiger partial charge in [0.05, 0.1) is 17.3 Å². The Labute approximate surface area is 202 Å². The molecular weight excluding hydrogens is 462 g/mol. The van der Waals surface area contributed by atoms with Gasteiger partial charge in [0.1, 0.15) is 11.9 Å². The third-order valence-corrected chi connectivity index (χ3v) is 7.62. The second kappa shape index (κ2) is 8.25. The van der Waals surface area contributed by atoms with Gasteiger partial charge in [-0.05, 0) is 47.4 Å². The highest BCUT2D eigenvalue weighted by Crippen LogP contribution is 2.57. The van der Waals surface area contributed by atoms with Crippen molar-refractivity contribution in [1.82, 2.24) is 4.98 Å². The summed E-state index contributed by atoms with van der Waals surface area (Å²) in [4.78, 5) is 5.02. The van der Waals surface area contributed by atoms with Crippen molar-refractivity contribution < 1.29 is 32.1 Å². The maximum Gasteiger partial charge on any atom is 0.419 e. The Morgan fingerprint density at radius 2 is 1.80 bits per heavy atom. The van der Waals surface area contributed by atoms with Crippen LogP contribution in [0.25, 0.3) is 0 Å². The molecule has 0 saturated carbocycles. The molecule has 1 aromatic carbocycles. The average Bonchev–Trinajstić information content (AvgIpc) is 3.05. The van der Waals surface area contributed by atoms with E-state index in [0.717, 1.165) is 40.2 Å². The molecule has 0 amide bonds. The minimum atomic E-state index is -4.78. The highest BCUT2D eigenvalue weighted by Gasteiger charge is 2.52. The minimum Gasteiger partial charge on any atom is -0.388 e. The molecule has 1 unspecified atom stereocenters. The first-order valence-electron chi connectivity index (χ1n) is 12.2. The molecule has 8 heteroatoms. The van der Waals surface area contributed by atoms with Gasteiger partial charge in [0.2, 0.25) is 0 Å². The first kappa shape index (κ1) is 24.7. The van der Waals surface area contributed by atoms with E-state index in [2.05, 4.69) is 13.8 Å². The Morgan fingerprint density at radius 3 is 2.40 bits per heavy atom. The van der Waals surface area contributed by atoms with Crippen molar-refractivity contribution in [3.63, 3.8) is 0 Å². The first-order chi connectivity index (χ1) is 16.3. The SMILES string of the molecule is CC(C)c1nc2c(c3c1[C@@H](c1ccc(C(F)(F)F)c(F)c1)OC31CCOCC1)C(O)CC(C)(C)C2. The predicted octanol–water partition coefficient (Wildman–Crippen LogP) is 6.49. The van der Waals surface area contributed by atoms with Crippen molar-refractivity contribution in [1.29, 1.82) is 0 Å². The van der Waals surface area contributed by atoms with Crippen molar-refractivity contribution in [2.75, 3.05) is 13.2 Å². The van der Waals surface area contributed by atoms with E-state index in [1.165, 1.54) is 6.07 Å². The summed E-state index contributed by atoms with van der Waals surface area (Å²) in [5, 5.41) is 11.3. The van der Waals surface area contributed by atoms with Crippen molar-refractivity contribution in [3.8, 4) is 0 Å². The van der Waals surface area contributed by atoms with E-state index < -0.39 is 35.4 Å². The number of aliphatic hydroxyl groups excluding tert-OH is 1. The molecule has 35 heavy (non-hydrogen) atoms. The Hall–Kier alpha value is -2.03. The van der Waals surface area contributed by atoms with Gasteiger partial charge in [-0.3, -0.25) is 4.98 Å². The smallest absolute Gasteiger partial charge is 0.388 e. The number of aromatic nitrogens is 1. The largest absolute Gasteiger partial charge is 0.419 e. The standard InChI is InChI=1S/C27H31F4NO3/c1-14(2)23-21-22(20-18(32-23)12-25(3,4)13-19(20)33)26(7-9-34-10-8-26)35-24(21)15-5-6-16(17(28)11-15)27(29,30)31/h5-6,11,14,19,24,33H,7-10,12-13H2,1-4H3/t19?,24-/m1/s1. The molecule has 1 N–H and O–H groups in total. The van der Waals surface area contributed by atoms with Crippen LogP contribution in [0, 0.1) is 11.2 Å². The lowest BCUT2D eigenvalue weighted by molar-refractivity contribution is -0.140. The molecule has 1 saturated heterocycles. The number of ether oxygens (including phenoxy) is 2. The predicted molar refractivity (Wildman–Crippen MR) is 121 cm³/mol. The minimum absolute atomic E-state index is 0.00313. The summed E-state index contributed by atoms with van der Waals surface area (Å²) < 4.78 is 66.6. The number of halogens is 4. The van der Waals surface area contributed by atoms with E-state index in [1.807, 2.05) is 13.8 Å². The first-order valence-corrected chi connectivity index (χ1v) is 12.2. The summed E-state index contributed by atoms with van der Waals surface area (Å²) in [6, 6.07) is 3.00. The summed E-state index contributed by atoms with van der Waals surface area (Å²) in [5.74, 6) is -1.33. The second-order valence-electron chi connectivity index (χ2n) is 11.2. The van der Waals surface area contributed by atoms with Crippen molar-refractivity contribution in [2.24, 2.45) is 5.41 Å². The number of pyridine rings is 1. The van der Waals surface area contributed by atoms with Crippen LogP contribution in [0.4, 0.5) is 17.6 Å². The molecule has 2 aliphatic heterocycles. The van der Waals surface area contributed by atoms with Crippen LogP contribution < -0.4 is 0 Å². The zero-order chi connectivity index (χ0) is 25.3. The van der Waals surface area contributed by atoms with E-state index >= 15 is 0 Å². The highest BCUT2D eigenvalue weighted by atomic mass is 19.4. The monoisotopic (exact) mass is 493 g/mol. The Morgan fingerprint density at radius 1 is 1.11 bits per heavy atom. The maximum absolute atomic E-state index is 14.6. The molecule has 1 aromatic heterocycles. The van der Waals surface area contributed by atoms with Gasteiger partial charge in [0.15, 0.2) is 0 Å². The quantitative estimate of drug-likeness (QED) is 0.486. The summed E-state index contributed by atoms with van der Waals surface area (Å²) in [6.45, 7) is 9.17. The third kappa shape index (κ3) is 4.07. The summed E-state index contributed by atoms with van der Waals surface area (Å²) in [5.41, 5.74) is 2.19. The van der Waals surface area contributed by atoms with Crippen LogP contribution in [0.2, 0.25) is 0 Å². The summed E-state index contributed by atoms with van der Waals surface area (Å²) in [6.07, 6.45) is -3.92. The van der Waals surface area contributed by atoms with Gasteiger partial charge in [-0.1, -0.05) is 33.8 Å². The number of aliphatic hydroxyl groups is 1. The fraction of sp³-hybridized carbons (Fsp3) is 0.593. The van der Waals surface area contributed by atoms with Gasteiger partial charge in [-0.25, -0.2) is 4.39 Å². The van der Waals surface area contributed by atoms with Crippen molar-refractivity contribution in [3.05, 3.63) is 63.2 Å². The van der Waals surface area contributed by atoms with E-state index in [9.17, 15) is 22.7 Å². The van der Waals surface area contributed by atoms with Crippen LogP contribution in [0.1, 0.15) is 104 Å². The fourth-order valence-electron chi connectivity index (χ4n) is 6.10. The maximum atomic E-state index is 14.6. The Bertz CT molecular complexity index is 1150. The number of alkyl halides is 3. The van der Waals surface area contributed by atoms with Gasteiger partial charge in [-0.2, -0.15) is 13.2 Å². The molecule has 190 valence electrons. The van der Waals surface area contributed by atoms with Gasteiger partial charge in [0.25, 0.3) is 0 Å². The van der Waals surface area contributed by atoms with Crippen LogP contribution in [0.5, 0.6) is 0 Å². The normalized spacial score (nSPS) is 25.1. The van der Waals surface area contributed by atoms with Crippen molar-refractivity contribution >= 4 is 0 Å². The van der Waals surface area contributed by atoms with Crippen LogP contribution in [-0.4, -0.2) is 23.3 Å². The van der Waals surface area contributed by atoms with Crippen molar-refractivity contribution in [2.45, 2.75) is 83.3 Å². The van der Waals surface area contributed by atoms with Crippen LogP contribution in [0.15, 0.2) is 18.2 Å². The lowest BCUT2D eigenvalue weighted by Gasteiger charge is -2.40. The van der Waals surface area contributed by atoms with Gasteiger partial charge in [0, 0.05) is 48.6 Å². The average molecular weight is 494 g/mol. The molecule has 1 aliphatic carbocycles. The number of hydrogen-bond acceptors (Lipinski definition) is 4. The molecule has 4 nitrogen and oxygen atoms in total. The number of benzene rings is 1. The summed E-state index contributed by atoms with van der Waals surface area (Å²) >= 11 is 0. The van der Waals surface area contributed by atoms with E-state index in [1.54, 1.807) is 0 Å². The molecule has 3 heterocycles. The fourth-order valence-corrected chi connectivity index (χ4v) is 6.10. The molecule has 1 fully saturated rings. The highest BCUT2D eigenvalue weighted by molar-refractivity contribution is 5.54. The topological polar surface area (TPSA) is 51.6 Å². The zero-order valence-electron chi connectivity index (χ0n) is 20.4. The number of rotatable bonds is 2. The van der Waals surface area contributed by atoms with Crippen LogP contribution in [-0.2, 0) is 27.7 Å². The molecule has 2 atom stereocenters. The lowest BCUT2D eigenvalue weighted by Crippen LogP contribution is -2.37. The molecular formula is C27H31F4NO3. The van der Waals surface area contributed by atoms with E-state index in [-0.39, 0.29) is 11.3 Å². The van der Waals surface area contributed by atoms with E-state index in [0.29, 0.717) is 44.5 Å². The molecule has 3 aliphatic rings.